The lowest BCUT2D eigenvalue weighted by Crippen LogP contribution is -2.20. The first kappa shape index (κ1) is 9.50. The molecule has 0 aromatic carbocycles. The van der Waals surface area contributed by atoms with Crippen LogP contribution in [-0.4, -0.2) is 22.4 Å². The van der Waals surface area contributed by atoms with Crippen molar-refractivity contribution in [3.63, 3.8) is 0 Å². The van der Waals surface area contributed by atoms with Gasteiger partial charge in [0.1, 0.15) is 10.4 Å². The fourth-order valence-electron chi connectivity index (χ4n) is 0.718. The highest BCUT2D eigenvalue weighted by atomic mass is 79.9. The molecular weight excluding hydrogens is 225 g/mol. The summed E-state index contributed by atoms with van der Waals surface area (Å²) < 4.78 is 5.29. The standard InChI is InChI=1S/C6H7BBrNO3/c1-4-2-5(12-7(10)11)3-9-6(4)8/h2-3,10-11H,1H3. The third kappa shape index (κ3) is 2.47. The summed E-state index contributed by atoms with van der Waals surface area (Å²) in [5, 5.41) is 16.9. The predicted octanol–water partition coefficient (Wildman–Crippen LogP) is 0.501. The van der Waals surface area contributed by atoms with E-state index in [1.54, 1.807) is 6.07 Å². The summed E-state index contributed by atoms with van der Waals surface area (Å²) in [4.78, 5) is 3.90. The maximum Gasteiger partial charge on any atom is 0.707 e. The highest BCUT2D eigenvalue weighted by Crippen LogP contribution is 2.18. The first-order valence-electron chi connectivity index (χ1n) is 3.24. The van der Waals surface area contributed by atoms with Gasteiger partial charge >= 0.3 is 7.32 Å². The van der Waals surface area contributed by atoms with Crippen LogP contribution in [0.4, 0.5) is 0 Å². The Morgan fingerprint density at radius 2 is 2.25 bits per heavy atom. The third-order valence-electron chi connectivity index (χ3n) is 1.23. The second-order valence-electron chi connectivity index (χ2n) is 2.22. The Bertz CT molecular complexity index is 281. The van der Waals surface area contributed by atoms with Crippen molar-refractivity contribution in [1.29, 1.82) is 0 Å². The van der Waals surface area contributed by atoms with Gasteiger partial charge in [0, 0.05) is 0 Å². The van der Waals surface area contributed by atoms with E-state index in [0.29, 0.717) is 10.4 Å². The van der Waals surface area contributed by atoms with Crippen molar-refractivity contribution < 1.29 is 14.7 Å². The minimum atomic E-state index is -1.80. The summed E-state index contributed by atoms with van der Waals surface area (Å²) in [7, 11) is -1.80. The molecule has 0 saturated heterocycles. The lowest BCUT2D eigenvalue weighted by Gasteiger charge is -2.04. The number of aromatic nitrogens is 1. The molecule has 0 spiro atoms. The molecule has 0 aliphatic rings. The number of halogens is 1. The molecule has 4 nitrogen and oxygen atoms in total. The summed E-state index contributed by atoms with van der Waals surface area (Å²) in [6, 6.07) is 1.65. The normalized spacial score (nSPS) is 9.67. The van der Waals surface area contributed by atoms with Crippen molar-refractivity contribution >= 4 is 23.3 Å². The SMILES string of the molecule is Cc1cc(OB(O)O)cnc1Br. The molecule has 0 radical (unpaired) electrons. The van der Waals surface area contributed by atoms with Crippen molar-refractivity contribution in [2.75, 3.05) is 0 Å². The molecular formula is C6H7BBrNO3. The molecule has 0 bridgehead atoms. The van der Waals surface area contributed by atoms with Crippen LogP contribution in [0.15, 0.2) is 16.9 Å². The molecule has 1 aromatic rings. The molecule has 6 heteroatoms. The van der Waals surface area contributed by atoms with Crippen LogP contribution in [-0.2, 0) is 0 Å². The molecule has 1 aromatic heterocycles. The van der Waals surface area contributed by atoms with E-state index in [1.165, 1.54) is 6.20 Å². The quantitative estimate of drug-likeness (QED) is 0.575. The maximum atomic E-state index is 8.46. The van der Waals surface area contributed by atoms with Gasteiger partial charge in [-0.25, -0.2) is 4.98 Å². The second-order valence-corrected chi connectivity index (χ2v) is 2.97. The van der Waals surface area contributed by atoms with Gasteiger partial charge < -0.3 is 14.7 Å². The van der Waals surface area contributed by atoms with Gasteiger partial charge in [0.2, 0.25) is 0 Å². The van der Waals surface area contributed by atoms with Crippen LogP contribution in [0, 0.1) is 6.92 Å². The van der Waals surface area contributed by atoms with Crippen LogP contribution in [0.2, 0.25) is 0 Å². The predicted molar refractivity (Wildman–Crippen MR) is 47.5 cm³/mol. The van der Waals surface area contributed by atoms with Crippen molar-refractivity contribution in [3.05, 3.63) is 22.4 Å². The molecule has 0 atom stereocenters. The van der Waals surface area contributed by atoms with Gasteiger partial charge in [-0.3, -0.25) is 0 Å². The molecule has 0 saturated carbocycles. The molecule has 12 heavy (non-hydrogen) atoms. The smallest absolute Gasteiger partial charge is 0.511 e. The maximum absolute atomic E-state index is 8.46. The van der Waals surface area contributed by atoms with Gasteiger partial charge in [0.15, 0.2) is 0 Å². The van der Waals surface area contributed by atoms with E-state index in [0.717, 1.165) is 5.56 Å². The fourth-order valence-corrected chi connectivity index (χ4v) is 0.935. The van der Waals surface area contributed by atoms with Crippen LogP contribution in [0.25, 0.3) is 0 Å². The van der Waals surface area contributed by atoms with E-state index >= 15 is 0 Å². The van der Waals surface area contributed by atoms with E-state index in [4.69, 9.17) is 10.0 Å². The molecule has 0 aliphatic carbocycles. The zero-order valence-corrected chi connectivity index (χ0v) is 7.95. The van der Waals surface area contributed by atoms with Crippen LogP contribution in [0.5, 0.6) is 5.75 Å². The minimum Gasteiger partial charge on any atom is -0.511 e. The number of rotatable bonds is 2. The van der Waals surface area contributed by atoms with Crippen molar-refractivity contribution in [1.82, 2.24) is 4.98 Å². The number of aryl methyl sites for hydroxylation is 1. The van der Waals surface area contributed by atoms with Crippen LogP contribution >= 0.6 is 15.9 Å². The molecule has 0 amide bonds. The van der Waals surface area contributed by atoms with Gasteiger partial charge in [-0.2, -0.15) is 0 Å². The van der Waals surface area contributed by atoms with Gasteiger partial charge in [-0.05, 0) is 34.5 Å². The average Bonchev–Trinajstić information content (AvgIpc) is 1.96. The minimum absolute atomic E-state index is 0.325. The molecule has 0 fully saturated rings. The summed E-state index contributed by atoms with van der Waals surface area (Å²) in [6.07, 6.45) is 1.40. The first-order valence-corrected chi connectivity index (χ1v) is 4.04. The zero-order valence-electron chi connectivity index (χ0n) is 6.36. The number of hydrogen-bond donors (Lipinski definition) is 2. The molecule has 0 aliphatic heterocycles. The van der Waals surface area contributed by atoms with E-state index in [9.17, 15) is 0 Å². The summed E-state index contributed by atoms with van der Waals surface area (Å²) >= 11 is 3.20. The van der Waals surface area contributed by atoms with E-state index in [1.807, 2.05) is 6.92 Å². The highest BCUT2D eigenvalue weighted by molar-refractivity contribution is 9.10. The Morgan fingerprint density at radius 3 is 2.75 bits per heavy atom. The van der Waals surface area contributed by atoms with Crippen LogP contribution < -0.4 is 4.65 Å². The Balaban J connectivity index is 2.82. The molecule has 64 valence electrons. The Labute approximate surface area is 78.5 Å². The third-order valence-corrected chi connectivity index (χ3v) is 2.06. The van der Waals surface area contributed by atoms with Gasteiger partial charge in [-0.15, -0.1) is 0 Å². The van der Waals surface area contributed by atoms with E-state index < -0.39 is 7.32 Å². The number of hydrogen-bond acceptors (Lipinski definition) is 4. The molecule has 2 N–H and O–H groups in total. The average molecular weight is 232 g/mol. The fraction of sp³-hybridized carbons (Fsp3) is 0.167. The summed E-state index contributed by atoms with van der Waals surface area (Å²) in [5.41, 5.74) is 0.869. The summed E-state index contributed by atoms with van der Waals surface area (Å²) in [6.45, 7) is 1.83. The largest absolute Gasteiger partial charge is 0.707 e. The van der Waals surface area contributed by atoms with Gasteiger partial charge in [0.05, 0.1) is 6.20 Å². The van der Waals surface area contributed by atoms with Crippen molar-refractivity contribution in [2.45, 2.75) is 6.92 Å². The monoisotopic (exact) mass is 231 g/mol. The zero-order chi connectivity index (χ0) is 9.14. The Hall–Kier alpha value is -0.585. The lowest BCUT2D eigenvalue weighted by molar-refractivity contribution is 0.287. The van der Waals surface area contributed by atoms with E-state index in [2.05, 4.69) is 25.6 Å². The number of pyridine rings is 1. The lowest BCUT2D eigenvalue weighted by atomic mass is 10.2. The molecule has 1 heterocycles. The Morgan fingerprint density at radius 1 is 1.58 bits per heavy atom. The molecule has 1 rings (SSSR count). The second kappa shape index (κ2) is 3.89. The summed E-state index contributed by atoms with van der Waals surface area (Å²) in [5.74, 6) is 0.325. The van der Waals surface area contributed by atoms with E-state index in [-0.39, 0.29) is 0 Å². The topological polar surface area (TPSA) is 62.6 Å². The van der Waals surface area contributed by atoms with Crippen LogP contribution in [0.1, 0.15) is 5.56 Å². The van der Waals surface area contributed by atoms with Crippen molar-refractivity contribution in [3.8, 4) is 5.75 Å². The van der Waals surface area contributed by atoms with Gasteiger partial charge in [0.25, 0.3) is 0 Å². The number of nitrogens with zero attached hydrogens (tertiary/aromatic N) is 1. The Kier molecular flexibility index (Phi) is 3.08. The van der Waals surface area contributed by atoms with Crippen molar-refractivity contribution in [2.24, 2.45) is 0 Å². The highest BCUT2D eigenvalue weighted by Gasteiger charge is 2.11. The van der Waals surface area contributed by atoms with Gasteiger partial charge in [-0.1, -0.05) is 0 Å². The van der Waals surface area contributed by atoms with Crippen LogP contribution in [0.3, 0.4) is 0 Å². The molecule has 0 unspecified atom stereocenters. The first-order chi connectivity index (χ1) is 5.59.